The number of aliphatic hydroxyl groups is 2. The van der Waals surface area contributed by atoms with E-state index < -0.39 is 12.1 Å². The molecule has 0 fully saturated rings. The van der Waals surface area contributed by atoms with Gasteiger partial charge in [-0.3, -0.25) is 4.79 Å². The molecule has 0 aliphatic heterocycles. The van der Waals surface area contributed by atoms with E-state index in [1.54, 1.807) is 0 Å². The topological polar surface area (TPSA) is 69.6 Å². The highest BCUT2D eigenvalue weighted by Gasteiger charge is 2.19. The van der Waals surface area contributed by atoms with Gasteiger partial charge in [0.15, 0.2) is 0 Å². The fourth-order valence-corrected chi connectivity index (χ4v) is 7.17. The molecule has 0 aliphatic carbocycles. The highest BCUT2D eigenvalue weighted by atomic mass is 16.3. The number of hydrogen-bond donors (Lipinski definition) is 3. The van der Waals surface area contributed by atoms with Gasteiger partial charge in [-0.2, -0.15) is 0 Å². The van der Waals surface area contributed by atoms with Gasteiger partial charge in [-0.25, -0.2) is 0 Å². The lowest BCUT2D eigenvalue weighted by atomic mass is 10.0. The summed E-state index contributed by atoms with van der Waals surface area (Å²) < 4.78 is 0. The zero-order chi connectivity index (χ0) is 42.1. The first kappa shape index (κ1) is 55.6. The van der Waals surface area contributed by atoms with Gasteiger partial charge >= 0.3 is 0 Å². The van der Waals surface area contributed by atoms with Crippen LogP contribution in [0.25, 0.3) is 0 Å². The van der Waals surface area contributed by atoms with Crippen LogP contribution in [-0.2, 0) is 4.79 Å². The summed E-state index contributed by atoms with van der Waals surface area (Å²) in [5.74, 6) is -0.0900. The second-order valence-electron chi connectivity index (χ2n) is 16.5. The second-order valence-corrected chi connectivity index (χ2v) is 16.5. The lowest BCUT2D eigenvalue weighted by Crippen LogP contribution is -2.45. The lowest BCUT2D eigenvalue weighted by Gasteiger charge is -2.22. The summed E-state index contributed by atoms with van der Waals surface area (Å²) in [6, 6.07) is -0.573. The highest BCUT2D eigenvalue weighted by molar-refractivity contribution is 5.76. The number of nitrogens with one attached hydrogen (secondary N) is 1. The van der Waals surface area contributed by atoms with Gasteiger partial charge in [0.2, 0.25) is 5.91 Å². The summed E-state index contributed by atoms with van der Waals surface area (Å²) in [5.41, 5.74) is 0. The van der Waals surface area contributed by atoms with E-state index in [9.17, 15) is 15.0 Å². The molecule has 4 heteroatoms. The summed E-state index contributed by atoms with van der Waals surface area (Å²) in [4.78, 5) is 12.4. The summed E-state index contributed by atoms with van der Waals surface area (Å²) >= 11 is 0. The molecule has 0 aromatic rings. The molecule has 0 aromatic carbocycles. The fraction of sp³-hybridized carbons (Fsp3) is 0.722. The van der Waals surface area contributed by atoms with Crippen molar-refractivity contribution in [2.45, 2.75) is 244 Å². The van der Waals surface area contributed by atoms with Crippen LogP contribution >= 0.6 is 0 Å². The van der Waals surface area contributed by atoms with Crippen LogP contribution in [0.15, 0.2) is 85.1 Å². The summed E-state index contributed by atoms with van der Waals surface area (Å²) in [7, 11) is 0. The molecule has 0 rings (SSSR count). The van der Waals surface area contributed by atoms with Crippen molar-refractivity contribution in [2.75, 3.05) is 6.61 Å². The number of unbranched alkanes of at least 4 members (excludes halogenated alkanes) is 23. The molecule has 334 valence electrons. The van der Waals surface area contributed by atoms with E-state index in [1.165, 1.54) is 135 Å². The first-order valence-electron chi connectivity index (χ1n) is 24.8. The molecule has 0 aliphatic rings. The first-order chi connectivity index (χ1) is 28.7. The van der Waals surface area contributed by atoms with Crippen LogP contribution < -0.4 is 5.32 Å². The van der Waals surface area contributed by atoms with Crippen LogP contribution in [0.1, 0.15) is 232 Å². The minimum atomic E-state index is -0.690. The van der Waals surface area contributed by atoms with Crippen LogP contribution in [0.4, 0.5) is 0 Å². The van der Waals surface area contributed by atoms with Gasteiger partial charge in [0, 0.05) is 6.42 Å². The minimum absolute atomic E-state index is 0.0900. The zero-order valence-electron chi connectivity index (χ0n) is 38.3. The molecule has 0 heterocycles. The van der Waals surface area contributed by atoms with E-state index in [-0.39, 0.29) is 12.5 Å². The van der Waals surface area contributed by atoms with Crippen molar-refractivity contribution in [3.8, 4) is 0 Å². The lowest BCUT2D eigenvalue weighted by molar-refractivity contribution is -0.123. The van der Waals surface area contributed by atoms with Crippen molar-refractivity contribution in [3.63, 3.8) is 0 Å². The monoisotopic (exact) mass is 806 g/mol. The number of amides is 1. The van der Waals surface area contributed by atoms with Crippen molar-refractivity contribution < 1.29 is 15.0 Å². The number of allylic oxidation sites excluding steroid dienone is 14. The van der Waals surface area contributed by atoms with Crippen molar-refractivity contribution in [1.29, 1.82) is 0 Å². The van der Waals surface area contributed by atoms with Crippen molar-refractivity contribution in [1.82, 2.24) is 5.32 Å². The van der Waals surface area contributed by atoms with Gasteiger partial charge in [0.25, 0.3) is 0 Å². The van der Waals surface area contributed by atoms with Crippen LogP contribution in [0, 0.1) is 0 Å². The maximum Gasteiger partial charge on any atom is 0.220 e. The predicted molar refractivity (Wildman–Crippen MR) is 257 cm³/mol. The quantitative estimate of drug-likeness (QED) is 0.0424. The summed E-state index contributed by atoms with van der Waals surface area (Å²) in [6.07, 6.45) is 71.1. The van der Waals surface area contributed by atoms with Crippen LogP contribution in [0.3, 0.4) is 0 Å². The Balaban J connectivity index is 3.63. The van der Waals surface area contributed by atoms with Crippen molar-refractivity contribution in [3.05, 3.63) is 85.1 Å². The Bertz CT molecular complexity index is 1050. The van der Waals surface area contributed by atoms with Gasteiger partial charge in [0.05, 0.1) is 18.8 Å². The molecule has 3 N–H and O–H groups in total. The molecule has 0 radical (unpaired) electrons. The standard InChI is InChI=1S/C54H95NO3/c1-3-5-7-9-11-13-15-17-19-21-23-25-27-29-31-33-35-37-39-41-43-45-47-49-53(57)52(51-56)55-54(58)50-48-46-44-42-40-38-36-34-32-30-28-26-24-22-20-18-16-14-12-10-8-6-4-2/h6,8,12,14,18,20,24,26,30,32,36,38,42,44,52-53,56-57H,3-5,7,9-11,13,15-17,19,21-23,25,27-29,31,33-35,37,39-41,43,45-51H2,1-2H3,(H,55,58)/b8-6-,14-12-,20-18-,26-24-,32-30-,38-36-,44-42-. The van der Waals surface area contributed by atoms with E-state index >= 15 is 0 Å². The average molecular weight is 806 g/mol. The Morgan fingerprint density at radius 1 is 0.431 bits per heavy atom. The predicted octanol–water partition coefficient (Wildman–Crippen LogP) is 16.0. The van der Waals surface area contributed by atoms with Crippen molar-refractivity contribution in [2.24, 2.45) is 0 Å². The van der Waals surface area contributed by atoms with Crippen LogP contribution in [0.5, 0.6) is 0 Å². The fourth-order valence-electron chi connectivity index (χ4n) is 7.17. The third kappa shape index (κ3) is 44.7. The third-order valence-electron chi connectivity index (χ3n) is 10.9. The molecule has 0 saturated heterocycles. The highest BCUT2D eigenvalue weighted by Crippen LogP contribution is 2.16. The van der Waals surface area contributed by atoms with Crippen LogP contribution in [-0.4, -0.2) is 34.9 Å². The maximum atomic E-state index is 12.4. The average Bonchev–Trinajstić information content (AvgIpc) is 3.23. The van der Waals surface area contributed by atoms with Gasteiger partial charge in [-0.1, -0.05) is 247 Å². The molecule has 0 saturated carbocycles. The Labute approximate surface area is 361 Å². The van der Waals surface area contributed by atoms with E-state index in [0.29, 0.717) is 12.8 Å². The SMILES string of the molecule is CC/C=C\C/C=C\C/C=C\C/C=C\C/C=C\C/C=C\C/C=C\CCCC(=O)NC(CO)C(O)CCCCCCCCCCCCCCCCCCCCCCCCC. The number of rotatable bonds is 44. The first-order valence-corrected chi connectivity index (χ1v) is 24.8. The number of carbonyl (C=O) groups is 1. The number of aliphatic hydroxyl groups excluding tert-OH is 2. The molecule has 2 unspecified atom stereocenters. The normalized spacial score (nSPS) is 13.7. The van der Waals surface area contributed by atoms with Gasteiger partial charge in [0.1, 0.15) is 0 Å². The maximum absolute atomic E-state index is 12.4. The zero-order valence-corrected chi connectivity index (χ0v) is 38.3. The minimum Gasteiger partial charge on any atom is -0.394 e. The Hall–Kier alpha value is -2.43. The summed E-state index contributed by atoms with van der Waals surface area (Å²) in [6.45, 7) is 4.23. The Kier molecular flexibility index (Phi) is 46.9. The second kappa shape index (κ2) is 48.9. The molecule has 58 heavy (non-hydrogen) atoms. The Morgan fingerprint density at radius 2 is 0.741 bits per heavy atom. The summed E-state index contributed by atoms with van der Waals surface area (Å²) in [5, 5.41) is 23.2. The molecule has 0 bridgehead atoms. The molecule has 1 amide bonds. The van der Waals surface area contributed by atoms with E-state index in [4.69, 9.17) is 0 Å². The van der Waals surface area contributed by atoms with Gasteiger partial charge in [-0.15, -0.1) is 0 Å². The Morgan fingerprint density at radius 3 is 1.07 bits per heavy atom. The van der Waals surface area contributed by atoms with E-state index in [2.05, 4.69) is 104 Å². The van der Waals surface area contributed by atoms with Gasteiger partial charge < -0.3 is 15.5 Å². The molecule has 2 atom stereocenters. The smallest absolute Gasteiger partial charge is 0.220 e. The number of carbonyl (C=O) groups excluding carboxylic acids is 1. The third-order valence-corrected chi connectivity index (χ3v) is 10.9. The molecule has 0 aromatic heterocycles. The van der Waals surface area contributed by atoms with Crippen LogP contribution in [0.2, 0.25) is 0 Å². The molecular weight excluding hydrogens is 711 g/mol. The molecule has 4 nitrogen and oxygen atoms in total. The molecular formula is C54H95NO3. The van der Waals surface area contributed by atoms with Gasteiger partial charge in [-0.05, 0) is 64.2 Å². The largest absolute Gasteiger partial charge is 0.394 e. The van der Waals surface area contributed by atoms with Crippen molar-refractivity contribution >= 4 is 5.91 Å². The molecule has 0 spiro atoms. The van der Waals surface area contributed by atoms with E-state index in [1.807, 2.05) is 0 Å². The number of hydrogen-bond acceptors (Lipinski definition) is 3. The van der Waals surface area contributed by atoms with E-state index in [0.717, 1.165) is 70.6 Å².